The van der Waals surface area contributed by atoms with Crippen molar-refractivity contribution in [2.75, 3.05) is 10.6 Å². The molecule has 0 heterocycles. The molecule has 0 fully saturated rings. The molecular weight excluding hydrogens is 389 g/mol. The molecule has 1 amide bonds. The molecule has 0 aromatic heterocycles. The lowest BCUT2D eigenvalue weighted by Crippen LogP contribution is -2.32. The Hall–Kier alpha value is -1.70. The minimum absolute atomic E-state index is 0.0438. The van der Waals surface area contributed by atoms with Gasteiger partial charge in [-0.3, -0.25) is 4.79 Å². The molecule has 0 spiro atoms. The number of hydrogen-bond donors (Lipinski definition) is 2. The van der Waals surface area contributed by atoms with Crippen LogP contribution in [0.1, 0.15) is 6.92 Å². The van der Waals surface area contributed by atoms with Gasteiger partial charge in [0.15, 0.2) is 0 Å². The second kappa shape index (κ2) is 6.84. The number of amides is 1. The highest BCUT2D eigenvalue weighted by molar-refractivity contribution is 14.1. The van der Waals surface area contributed by atoms with E-state index in [0.717, 1.165) is 21.4 Å². The van der Waals surface area contributed by atoms with Gasteiger partial charge in [0.25, 0.3) is 0 Å². The van der Waals surface area contributed by atoms with E-state index >= 15 is 0 Å². The van der Waals surface area contributed by atoms with Gasteiger partial charge < -0.3 is 10.6 Å². The van der Waals surface area contributed by atoms with Crippen LogP contribution >= 0.6 is 22.6 Å². The number of rotatable bonds is 4. The molecule has 0 unspecified atom stereocenters. The summed E-state index contributed by atoms with van der Waals surface area (Å²) in [5.74, 6) is -1.89. The Morgan fingerprint density at radius 2 is 1.81 bits per heavy atom. The number of anilines is 2. The van der Waals surface area contributed by atoms with Crippen LogP contribution in [-0.2, 0) is 4.79 Å². The standard InChI is InChI=1S/C15H13F2IN2O/c1-9(19-12-5-3-11(18)4-6-12)15(21)20-14-7-2-10(16)8-13(14)17/h2-9,19H,1H3,(H,20,21)/t9-/m0/s1. The molecule has 0 aliphatic heterocycles. The Morgan fingerprint density at radius 3 is 2.43 bits per heavy atom. The van der Waals surface area contributed by atoms with E-state index < -0.39 is 23.6 Å². The monoisotopic (exact) mass is 402 g/mol. The first-order valence-electron chi connectivity index (χ1n) is 6.24. The number of carbonyl (C=O) groups excluding carboxylic acids is 1. The molecule has 0 saturated carbocycles. The van der Waals surface area contributed by atoms with Gasteiger partial charge in [0, 0.05) is 15.3 Å². The predicted molar refractivity (Wildman–Crippen MR) is 87.2 cm³/mol. The van der Waals surface area contributed by atoms with Crippen LogP contribution in [-0.4, -0.2) is 11.9 Å². The van der Waals surface area contributed by atoms with Crippen molar-refractivity contribution < 1.29 is 13.6 Å². The third-order valence-electron chi connectivity index (χ3n) is 2.81. The number of benzene rings is 2. The zero-order chi connectivity index (χ0) is 15.4. The van der Waals surface area contributed by atoms with Gasteiger partial charge in [0.2, 0.25) is 5.91 Å². The highest BCUT2D eigenvalue weighted by Crippen LogP contribution is 2.16. The van der Waals surface area contributed by atoms with Crippen molar-refractivity contribution in [2.24, 2.45) is 0 Å². The van der Waals surface area contributed by atoms with E-state index in [1.165, 1.54) is 6.07 Å². The smallest absolute Gasteiger partial charge is 0.246 e. The topological polar surface area (TPSA) is 41.1 Å². The maximum absolute atomic E-state index is 13.5. The third kappa shape index (κ3) is 4.38. The van der Waals surface area contributed by atoms with Crippen LogP contribution in [0.2, 0.25) is 0 Å². The summed E-state index contributed by atoms with van der Waals surface area (Å²) < 4.78 is 27.4. The first kappa shape index (κ1) is 15.7. The lowest BCUT2D eigenvalue weighted by molar-refractivity contribution is -0.116. The maximum Gasteiger partial charge on any atom is 0.246 e. The van der Waals surface area contributed by atoms with Crippen LogP contribution in [0.15, 0.2) is 42.5 Å². The quantitative estimate of drug-likeness (QED) is 0.760. The molecule has 3 nitrogen and oxygen atoms in total. The van der Waals surface area contributed by atoms with E-state index in [9.17, 15) is 13.6 Å². The fraction of sp³-hybridized carbons (Fsp3) is 0.133. The SMILES string of the molecule is C[C@H](Nc1ccc(I)cc1)C(=O)Nc1ccc(F)cc1F. The van der Waals surface area contributed by atoms with E-state index in [1.807, 2.05) is 24.3 Å². The zero-order valence-electron chi connectivity index (χ0n) is 11.2. The van der Waals surface area contributed by atoms with Gasteiger partial charge in [-0.05, 0) is 65.9 Å². The van der Waals surface area contributed by atoms with Crippen LogP contribution in [0.4, 0.5) is 20.2 Å². The molecule has 0 aliphatic carbocycles. The maximum atomic E-state index is 13.5. The third-order valence-corrected chi connectivity index (χ3v) is 3.53. The summed E-state index contributed by atoms with van der Waals surface area (Å²) in [4.78, 5) is 12.0. The summed E-state index contributed by atoms with van der Waals surface area (Å²) in [7, 11) is 0. The summed E-state index contributed by atoms with van der Waals surface area (Å²) in [6.07, 6.45) is 0. The number of halogens is 3. The number of carbonyl (C=O) groups is 1. The molecule has 2 aromatic carbocycles. The van der Waals surface area contributed by atoms with Crippen LogP contribution in [0.5, 0.6) is 0 Å². The second-order valence-electron chi connectivity index (χ2n) is 4.49. The van der Waals surface area contributed by atoms with Gasteiger partial charge in [0.1, 0.15) is 17.7 Å². The Balaban J connectivity index is 2.00. The lowest BCUT2D eigenvalue weighted by Gasteiger charge is -2.15. The summed E-state index contributed by atoms with van der Waals surface area (Å²) in [6, 6.07) is 9.98. The number of hydrogen-bond acceptors (Lipinski definition) is 2. The summed E-state index contributed by atoms with van der Waals surface area (Å²) in [5.41, 5.74) is 0.746. The van der Waals surface area contributed by atoms with Gasteiger partial charge in [-0.1, -0.05) is 0 Å². The van der Waals surface area contributed by atoms with Crippen molar-refractivity contribution in [3.05, 3.63) is 57.7 Å². The van der Waals surface area contributed by atoms with Crippen molar-refractivity contribution in [3.8, 4) is 0 Å². The molecule has 0 aliphatic rings. The average molecular weight is 402 g/mol. The van der Waals surface area contributed by atoms with Crippen molar-refractivity contribution >= 4 is 39.9 Å². The van der Waals surface area contributed by atoms with Crippen LogP contribution in [0.3, 0.4) is 0 Å². The lowest BCUT2D eigenvalue weighted by atomic mass is 10.2. The molecule has 1 atom stereocenters. The number of nitrogens with one attached hydrogen (secondary N) is 2. The second-order valence-corrected chi connectivity index (χ2v) is 5.73. The van der Waals surface area contributed by atoms with E-state index in [4.69, 9.17) is 0 Å². The molecule has 2 aromatic rings. The van der Waals surface area contributed by atoms with Crippen molar-refractivity contribution in [1.82, 2.24) is 0 Å². The van der Waals surface area contributed by atoms with Crippen LogP contribution in [0.25, 0.3) is 0 Å². The summed E-state index contributed by atoms with van der Waals surface area (Å²) in [5, 5.41) is 5.43. The van der Waals surface area contributed by atoms with E-state index in [1.54, 1.807) is 6.92 Å². The van der Waals surface area contributed by atoms with Crippen LogP contribution < -0.4 is 10.6 Å². The first-order chi connectivity index (χ1) is 9.95. The van der Waals surface area contributed by atoms with Crippen LogP contribution in [0, 0.1) is 15.2 Å². The van der Waals surface area contributed by atoms with Gasteiger partial charge >= 0.3 is 0 Å². The summed E-state index contributed by atoms with van der Waals surface area (Å²) in [6.45, 7) is 1.66. The molecule has 6 heteroatoms. The Bertz CT molecular complexity index is 647. The van der Waals surface area contributed by atoms with E-state index in [2.05, 4.69) is 33.2 Å². The van der Waals surface area contributed by atoms with E-state index in [-0.39, 0.29) is 5.69 Å². The zero-order valence-corrected chi connectivity index (χ0v) is 13.3. The molecule has 0 saturated heterocycles. The summed E-state index contributed by atoms with van der Waals surface area (Å²) >= 11 is 2.19. The predicted octanol–water partition coefficient (Wildman–Crippen LogP) is 4.01. The Labute approximate surface area is 134 Å². The molecule has 2 rings (SSSR count). The van der Waals surface area contributed by atoms with Gasteiger partial charge in [-0.25, -0.2) is 8.78 Å². The van der Waals surface area contributed by atoms with Gasteiger partial charge in [-0.15, -0.1) is 0 Å². The van der Waals surface area contributed by atoms with Gasteiger partial charge in [-0.2, -0.15) is 0 Å². The molecule has 0 radical (unpaired) electrons. The largest absolute Gasteiger partial charge is 0.374 e. The normalized spacial score (nSPS) is 11.8. The van der Waals surface area contributed by atoms with Crippen molar-refractivity contribution in [3.63, 3.8) is 0 Å². The Kier molecular flexibility index (Phi) is 5.11. The highest BCUT2D eigenvalue weighted by atomic mass is 127. The minimum atomic E-state index is -0.801. The molecule has 2 N–H and O–H groups in total. The highest BCUT2D eigenvalue weighted by Gasteiger charge is 2.15. The Morgan fingerprint density at radius 1 is 1.14 bits per heavy atom. The van der Waals surface area contributed by atoms with Crippen molar-refractivity contribution in [1.29, 1.82) is 0 Å². The molecule has 0 bridgehead atoms. The minimum Gasteiger partial charge on any atom is -0.374 e. The fourth-order valence-corrected chi connectivity index (χ4v) is 2.05. The van der Waals surface area contributed by atoms with Gasteiger partial charge in [0.05, 0.1) is 5.69 Å². The fourth-order valence-electron chi connectivity index (χ4n) is 1.69. The molecule has 110 valence electrons. The molecule has 21 heavy (non-hydrogen) atoms. The average Bonchev–Trinajstić information content (AvgIpc) is 2.44. The van der Waals surface area contributed by atoms with E-state index in [0.29, 0.717) is 0 Å². The first-order valence-corrected chi connectivity index (χ1v) is 7.31. The molecular formula is C15H13F2IN2O. The van der Waals surface area contributed by atoms with Crippen molar-refractivity contribution in [2.45, 2.75) is 13.0 Å².